The van der Waals surface area contributed by atoms with E-state index in [0.717, 1.165) is 25.8 Å². The normalized spacial score (nSPS) is 14.8. The molecule has 1 aromatic carbocycles. The summed E-state index contributed by atoms with van der Waals surface area (Å²) >= 11 is 0. The number of hydrogen-bond acceptors (Lipinski definition) is 6. The maximum Gasteiger partial charge on any atom is 0.421 e. The number of nitrogens with zero attached hydrogens (tertiary/aromatic N) is 3. The fourth-order valence-corrected chi connectivity index (χ4v) is 3.40. The molecule has 31 heavy (non-hydrogen) atoms. The van der Waals surface area contributed by atoms with Gasteiger partial charge in [-0.05, 0) is 43.6 Å². The minimum Gasteiger partial charge on any atom is -0.368 e. The predicted octanol–water partition coefficient (Wildman–Crippen LogP) is 3.77. The van der Waals surface area contributed by atoms with E-state index < -0.39 is 11.7 Å². The molecule has 0 unspecified atom stereocenters. The van der Waals surface area contributed by atoms with Gasteiger partial charge in [0, 0.05) is 38.4 Å². The molecule has 168 valence electrons. The highest BCUT2D eigenvalue weighted by atomic mass is 19.4. The van der Waals surface area contributed by atoms with Crippen LogP contribution in [0.2, 0.25) is 0 Å². The topological polar surface area (TPSA) is 82.2 Å². The van der Waals surface area contributed by atoms with Crippen molar-refractivity contribution in [3.63, 3.8) is 0 Å². The Morgan fingerprint density at radius 1 is 1.10 bits per heavy atom. The summed E-state index contributed by atoms with van der Waals surface area (Å²) in [5, 5.41) is 8.09. The van der Waals surface area contributed by atoms with Crippen LogP contribution in [0, 0.1) is 0 Å². The fraction of sp³-hybridized carbons (Fsp3) is 0.476. The van der Waals surface area contributed by atoms with E-state index in [1.165, 1.54) is 31.7 Å². The van der Waals surface area contributed by atoms with E-state index in [9.17, 15) is 18.0 Å². The quantitative estimate of drug-likeness (QED) is 0.547. The van der Waals surface area contributed by atoms with Crippen molar-refractivity contribution in [2.24, 2.45) is 0 Å². The van der Waals surface area contributed by atoms with Crippen LogP contribution < -0.4 is 16.0 Å². The molecular formula is C21H27F3N6O. The lowest BCUT2D eigenvalue weighted by molar-refractivity contribution is -0.137. The number of hydrogen-bond donors (Lipinski definition) is 3. The van der Waals surface area contributed by atoms with Gasteiger partial charge in [0.05, 0.1) is 0 Å². The number of benzene rings is 1. The molecular weight excluding hydrogens is 409 g/mol. The lowest BCUT2D eigenvalue weighted by atomic mass is 10.1. The molecule has 0 bridgehead atoms. The number of amides is 1. The third-order valence-corrected chi connectivity index (χ3v) is 4.95. The number of halogens is 3. The monoisotopic (exact) mass is 436 g/mol. The van der Waals surface area contributed by atoms with Gasteiger partial charge < -0.3 is 16.0 Å². The third kappa shape index (κ3) is 7.09. The number of rotatable bonds is 8. The summed E-state index contributed by atoms with van der Waals surface area (Å²) in [5.74, 6) is -0.539. The predicted molar refractivity (Wildman–Crippen MR) is 113 cm³/mol. The molecule has 1 saturated heterocycles. The Labute approximate surface area is 179 Å². The number of alkyl halides is 3. The molecule has 3 rings (SSSR count). The lowest BCUT2D eigenvalue weighted by Gasteiger charge is -2.26. The summed E-state index contributed by atoms with van der Waals surface area (Å²) in [6.45, 7) is 4.72. The summed E-state index contributed by atoms with van der Waals surface area (Å²) in [6, 6.07) is 7.72. The Kier molecular flexibility index (Phi) is 7.67. The summed E-state index contributed by atoms with van der Waals surface area (Å²) in [6.07, 6.45) is -0.0967. The molecule has 1 aromatic heterocycles. The van der Waals surface area contributed by atoms with Crippen LogP contribution in [-0.2, 0) is 17.5 Å². The van der Waals surface area contributed by atoms with Crippen LogP contribution in [0.5, 0.6) is 0 Å². The van der Waals surface area contributed by atoms with E-state index in [0.29, 0.717) is 5.69 Å². The number of aromatic nitrogens is 2. The lowest BCUT2D eigenvalue weighted by Crippen LogP contribution is -2.29. The van der Waals surface area contributed by atoms with Crippen molar-refractivity contribution in [1.82, 2.24) is 20.2 Å². The van der Waals surface area contributed by atoms with Crippen molar-refractivity contribution < 1.29 is 18.0 Å². The van der Waals surface area contributed by atoms with Gasteiger partial charge in [-0.3, -0.25) is 9.69 Å². The van der Waals surface area contributed by atoms with E-state index in [-0.39, 0.29) is 30.8 Å². The average molecular weight is 436 g/mol. The van der Waals surface area contributed by atoms with Crippen LogP contribution in [-0.4, -0.2) is 47.0 Å². The van der Waals surface area contributed by atoms with Crippen LogP contribution in [0.4, 0.5) is 30.6 Å². The second-order valence-electron chi connectivity index (χ2n) is 7.52. The van der Waals surface area contributed by atoms with E-state index in [1.54, 1.807) is 0 Å². The fourth-order valence-electron chi connectivity index (χ4n) is 3.40. The Morgan fingerprint density at radius 2 is 1.81 bits per heavy atom. The van der Waals surface area contributed by atoms with Crippen molar-refractivity contribution >= 4 is 23.4 Å². The number of carbonyl (C=O) groups excluding carboxylic acids is 1. The minimum atomic E-state index is -4.59. The summed E-state index contributed by atoms with van der Waals surface area (Å²) < 4.78 is 39.8. The molecule has 7 nitrogen and oxygen atoms in total. The zero-order chi connectivity index (χ0) is 22.3. The number of likely N-dealkylation sites (tertiary alicyclic amines) is 1. The summed E-state index contributed by atoms with van der Waals surface area (Å²) in [4.78, 5) is 21.1. The van der Waals surface area contributed by atoms with Gasteiger partial charge in [-0.15, -0.1) is 0 Å². The van der Waals surface area contributed by atoms with Crippen LogP contribution in [0.3, 0.4) is 0 Å². The molecule has 0 aliphatic carbocycles. The van der Waals surface area contributed by atoms with Crippen molar-refractivity contribution in [1.29, 1.82) is 0 Å². The van der Waals surface area contributed by atoms with Crippen molar-refractivity contribution in [2.45, 2.75) is 38.9 Å². The Balaban J connectivity index is 1.65. The van der Waals surface area contributed by atoms with Gasteiger partial charge in [-0.1, -0.05) is 18.6 Å². The Hall–Kier alpha value is -2.88. The highest BCUT2D eigenvalue weighted by molar-refractivity contribution is 5.72. The first-order chi connectivity index (χ1) is 14.8. The van der Waals surface area contributed by atoms with Gasteiger partial charge in [0.15, 0.2) is 0 Å². The van der Waals surface area contributed by atoms with Crippen LogP contribution in [0.1, 0.15) is 37.3 Å². The molecule has 2 heterocycles. The van der Waals surface area contributed by atoms with Crippen molar-refractivity contribution in [3.8, 4) is 0 Å². The number of anilines is 3. The van der Waals surface area contributed by atoms with Gasteiger partial charge >= 0.3 is 6.18 Å². The SMILES string of the molecule is CC(=O)NCCNc1nc(Nc2ccc(CN3CCCCC3)cc2)ncc1C(F)(F)F. The zero-order valence-electron chi connectivity index (χ0n) is 17.4. The second kappa shape index (κ2) is 10.4. The van der Waals surface area contributed by atoms with Crippen molar-refractivity contribution in [3.05, 3.63) is 41.6 Å². The minimum absolute atomic E-state index is 0.0545. The molecule has 1 aliphatic rings. The Morgan fingerprint density at radius 3 is 2.45 bits per heavy atom. The molecule has 0 radical (unpaired) electrons. The van der Waals surface area contributed by atoms with E-state index in [2.05, 4.69) is 30.8 Å². The molecule has 1 fully saturated rings. The van der Waals surface area contributed by atoms with Gasteiger partial charge in [0.25, 0.3) is 0 Å². The maximum absolute atomic E-state index is 13.3. The first kappa shape index (κ1) is 22.8. The van der Waals surface area contributed by atoms with Gasteiger partial charge in [-0.25, -0.2) is 4.98 Å². The van der Waals surface area contributed by atoms with Crippen LogP contribution in [0.15, 0.2) is 30.5 Å². The zero-order valence-corrected chi connectivity index (χ0v) is 17.4. The number of nitrogens with one attached hydrogen (secondary N) is 3. The molecule has 3 N–H and O–H groups in total. The van der Waals surface area contributed by atoms with Crippen LogP contribution in [0.25, 0.3) is 0 Å². The Bertz CT molecular complexity index is 866. The van der Waals surface area contributed by atoms with Crippen LogP contribution >= 0.6 is 0 Å². The summed E-state index contributed by atoms with van der Waals surface area (Å²) in [7, 11) is 0. The number of piperidine rings is 1. The highest BCUT2D eigenvalue weighted by Crippen LogP contribution is 2.34. The highest BCUT2D eigenvalue weighted by Gasteiger charge is 2.35. The second-order valence-corrected chi connectivity index (χ2v) is 7.52. The standard InChI is InChI=1S/C21H27F3N6O/c1-15(31)25-9-10-26-19-18(21(22,23)24)13-27-20(29-19)28-17-7-5-16(6-8-17)14-30-11-3-2-4-12-30/h5-8,13H,2-4,9-12,14H2,1H3,(H,25,31)(H2,26,27,28,29). The van der Waals surface area contributed by atoms with Crippen molar-refractivity contribution in [2.75, 3.05) is 36.8 Å². The number of carbonyl (C=O) groups is 1. The van der Waals surface area contributed by atoms with Gasteiger partial charge in [-0.2, -0.15) is 18.2 Å². The third-order valence-electron chi connectivity index (χ3n) is 4.95. The summed E-state index contributed by atoms with van der Waals surface area (Å²) in [5.41, 5.74) is 0.908. The molecule has 0 saturated carbocycles. The van der Waals surface area contributed by atoms with Gasteiger partial charge in [0.1, 0.15) is 11.4 Å². The first-order valence-corrected chi connectivity index (χ1v) is 10.3. The molecule has 2 aromatic rings. The maximum atomic E-state index is 13.3. The van der Waals surface area contributed by atoms with E-state index >= 15 is 0 Å². The van der Waals surface area contributed by atoms with E-state index in [4.69, 9.17) is 0 Å². The molecule has 0 spiro atoms. The van der Waals surface area contributed by atoms with E-state index in [1.807, 2.05) is 24.3 Å². The van der Waals surface area contributed by atoms with Gasteiger partial charge in [0.2, 0.25) is 11.9 Å². The smallest absolute Gasteiger partial charge is 0.368 e. The molecule has 1 aliphatic heterocycles. The largest absolute Gasteiger partial charge is 0.421 e. The first-order valence-electron chi connectivity index (χ1n) is 10.3. The molecule has 1 amide bonds. The molecule has 10 heteroatoms. The molecule has 0 atom stereocenters. The average Bonchev–Trinajstić information content (AvgIpc) is 2.73.